The van der Waals surface area contributed by atoms with Crippen molar-refractivity contribution in [2.24, 2.45) is 5.92 Å². The molecule has 0 radical (unpaired) electrons. The zero-order chi connectivity index (χ0) is 22.2. The summed E-state index contributed by atoms with van der Waals surface area (Å²) in [5.74, 6) is 2.74. The zero-order valence-corrected chi connectivity index (χ0v) is 19.1. The SMILES string of the molecule is CCC.COc1cccc(CC2CCc3ccc(OC)cc3C2c2cccc(O)c2)c1. The van der Waals surface area contributed by atoms with Crippen molar-refractivity contribution in [2.75, 3.05) is 14.2 Å². The first kappa shape index (κ1) is 22.7. The summed E-state index contributed by atoms with van der Waals surface area (Å²) in [5.41, 5.74) is 5.11. The molecule has 3 heteroatoms. The van der Waals surface area contributed by atoms with Gasteiger partial charge in [0.05, 0.1) is 14.2 Å². The number of methoxy groups -OCH3 is 2. The van der Waals surface area contributed by atoms with Crippen LogP contribution in [0, 0.1) is 5.92 Å². The van der Waals surface area contributed by atoms with E-state index in [1.54, 1.807) is 20.3 Å². The first-order valence-electron chi connectivity index (χ1n) is 11.2. The standard InChI is InChI=1S/C25H26O3.C3H8/c1-27-22-8-3-5-17(14-22)13-20-10-9-18-11-12-23(28-2)16-24(18)25(20)19-6-4-7-21(26)15-19;1-3-2/h3-8,11-12,14-16,20,25-26H,9-10,13H2,1-2H3;3H2,1-2H3. The molecule has 4 rings (SSSR count). The van der Waals surface area contributed by atoms with Gasteiger partial charge in [0, 0.05) is 5.92 Å². The van der Waals surface area contributed by atoms with Gasteiger partial charge >= 0.3 is 0 Å². The van der Waals surface area contributed by atoms with Crippen LogP contribution in [0.4, 0.5) is 0 Å². The molecule has 0 aliphatic heterocycles. The van der Waals surface area contributed by atoms with Crippen LogP contribution in [0.25, 0.3) is 0 Å². The largest absolute Gasteiger partial charge is 0.508 e. The highest BCUT2D eigenvalue weighted by molar-refractivity contribution is 5.46. The maximum absolute atomic E-state index is 10.1. The van der Waals surface area contributed by atoms with Crippen LogP contribution in [0.5, 0.6) is 17.2 Å². The van der Waals surface area contributed by atoms with Crippen LogP contribution in [-0.4, -0.2) is 19.3 Å². The van der Waals surface area contributed by atoms with Crippen LogP contribution in [0.2, 0.25) is 0 Å². The fourth-order valence-corrected chi connectivity index (χ4v) is 4.47. The second kappa shape index (κ2) is 10.9. The van der Waals surface area contributed by atoms with E-state index in [-0.39, 0.29) is 5.92 Å². The van der Waals surface area contributed by atoms with Crippen LogP contribution >= 0.6 is 0 Å². The van der Waals surface area contributed by atoms with E-state index in [2.05, 4.69) is 50.2 Å². The Hall–Kier alpha value is -2.94. The molecule has 0 fully saturated rings. The summed E-state index contributed by atoms with van der Waals surface area (Å²) in [6.45, 7) is 4.25. The van der Waals surface area contributed by atoms with Crippen molar-refractivity contribution in [1.29, 1.82) is 0 Å². The van der Waals surface area contributed by atoms with Gasteiger partial charge in [0.2, 0.25) is 0 Å². The number of aromatic hydroxyl groups is 1. The summed E-state index contributed by atoms with van der Waals surface area (Å²) < 4.78 is 10.9. The van der Waals surface area contributed by atoms with Gasteiger partial charge in [-0.1, -0.05) is 50.6 Å². The quantitative estimate of drug-likeness (QED) is 0.497. The molecule has 0 spiro atoms. The van der Waals surface area contributed by atoms with Crippen molar-refractivity contribution in [2.45, 2.75) is 45.4 Å². The van der Waals surface area contributed by atoms with E-state index in [4.69, 9.17) is 9.47 Å². The van der Waals surface area contributed by atoms with Gasteiger partial charge in [-0.2, -0.15) is 0 Å². The number of hydrogen-bond donors (Lipinski definition) is 1. The Morgan fingerprint density at radius 3 is 2.29 bits per heavy atom. The normalized spacial score (nSPS) is 17.2. The van der Waals surface area contributed by atoms with E-state index in [0.29, 0.717) is 11.7 Å². The minimum Gasteiger partial charge on any atom is -0.508 e. The number of fused-ring (bicyclic) bond motifs is 1. The molecule has 31 heavy (non-hydrogen) atoms. The fourth-order valence-electron chi connectivity index (χ4n) is 4.47. The van der Waals surface area contributed by atoms with Gasteiger partial charge in [-0.15, -0.1) is 0 Å². The maximum atomic E-state index is 10.1. The summed E-state index contributed by atoms with van der Waals surface area (Å²) in [4.78, 5) is 0. The van der Waals surface area contributed by atoms with Crippen LogP contribution in [0.1, 0.15) is 54.9 Å². The molecule has 0 amide bonds. The van der Waals surface area contributed by atoms with Crippen LogP contribution in [0.15, 0.2) is 66.7 Å². The van der Waals surface area contributed by atoms with Gasteiger partial charge in [0.1, 0.15) is 17.2 Å². The summed E-state index contributed by atoms with van der Waals surface area (Å²) in [6, 6.07) is 22.4. The lowest BCUT2D eigenvalue weighted by Crippen LogP contribution is -2.23. The van der Waals surface area contributed by atoms with Gasteiger partial charge in [-0.25, -0.2) is 0 Å². The summed E-state index contributed by atoms with van der Waals surface area (Å²) in [6.07, 6.45) is 4.38. The van der Waals surface area contributed by atoms with Gasteiger partial charge in [-0.05, 0) is 83.8 Å². The summed E-state index contributed by atoms with van der Waals surface area (Å²) in [5, 5.41) is 10.1. The van der Waals surface area contributed by atoms with E-state index in [0.717, 1.165) is 36.3 Å². The smallest absolute Gasteiger partial charge is 0.119 e. The molecule has 2 atom stereocenters. The molecule has 3 aromatic rings. The molecule has 0 saturated carbocycles. The van der Waals surface area contributed by atoms with E-state index in [1.165, 1.54) is 23.1 Å². The monoisotopic (exact) mass is 418 g/mol. The molecule has 0 bridgehead atoms. The first-order chi connectivity index (χ1) is 15.1. The number of ether oxygens (including phenoxy) is 2. The Balaban J connectivity index is 0.000000858. The van der Waals surface area contributed by atoms with Gasteiger partial charge in [0.15, 0.2) is 0 Å². The van der Waals surface area contributed by atoms with Crippen molar-refractivity contribution in [3.63, 3.8) is 0 Å². The van der Waals surface area contributed by atoms with E-state index < -0.39 is 0 Å². The highest BCUT2D eigenvalue weighted by atomic mass is 16.5. The molecule has 3 nitrogen and oxygen atoms in total. The highest BCUT2D eigenvalue weighted by Crippen LogP contribution is 2.44. The first-order valence-corrected chi connectivity index (χ1v) is 11.2. The molecular weight excluding hydrogens is 384 g/mol. The average Bonchev–Trinajstić information content (AvgIpc) is 2.79. The van der Waals surface area contributed by atoms with Crippen molar-refractivity contribution in [3.8, 4) is 17.2 Å². The lowest BCUT2D eigenvalue weighted by atomic mass is 9.70. The second-order valence-corrected chi connectivity index (χ2v) is 8.20. The summed E-state index contributed by atoms with van der Waals surface area (Å²) in [7, 11) is 3.42. The van der Waals surface area contributed by atoms with Crippen molar-refractivity contribution >= 4 is 0 Å². The molecule has 0 saturated heterocycles. The molecule has 2 unspecified atom stereocenters. The minimum absolute atomic E-state index is 0.220. The Kier molecular flexibility index (Phi) is 8.00. The van der Waals surface area contributed by atoms with Crippen molar-refractivity contribution in [3.05, 3.63) is 89.0 Å². The Morgan fingerprint density at radius 1 is 0.871 bits per heavy atom. The zero-order valence-electron chi connectivity index (χ0n) is 19.1. The molecule has 0 heterocycles. The molecule has 1 aliphatic carbocycles. The molecule has 3 aromatic carbocycles. The lowest BCUT2D eigenvalue weighted by molar-refractivity contribution is 0.391. The fraction of sp³-hybridized carbons (Fsp3) is 0.357. The summed E-state index contributed by atoms with van der Waals surface area (Å²) >= 11 is 0. The Bertz CT molecular complexity index is 979. The third-order valence-electron chi connectivity index (χ3n) is 5.81. The lowest BCUT2D eigenvalue weighted by Gasteiger charge is -2.35. The maximum Gasteiger partial charge on any atom is 0.119 e. The molecule has 0 aromatic heterocycles. The molecule has 1 aliphatic rings. The Morgan fingerprint density at radius 2 is 1.58 bits per heavy atom. The van der Waals surface area contributed by atoms with Gasteiger partial charge < -0.3 is 14.6 Å². The third kappa shape index (κ3) is 5.61. The van der Waals surface area contributed by atoms with Gasteiger partial charge in [-0.3, -0.25) is 0 Å². The van der Waals surface area contributed by atoms with Crippen LogP contribution in [-0.2, 0) is 12.8 Å². The van der Waals surface area contributed by atoms with Crippen LogP contribution in [0.3, 0.4) is 0 Å². The minimum atomic E-state index is 0.220. The van der Waals surface area contributed by atoms with Crippen molar-refractivity contribution in [1.82, 2.24) is 0 Å². The average molecular weight is 419 g/mol. The molecule has 164 valence electrons. The number of phenols is 1. The predicted molar refractivity (Wildman–Crippen MR) is 127 cm³/mol. The number of rotatable bonds is 5. The van der Waals surface area contributed by atoms with E-state index >= 15 is 0 Å². The molecular formula is C28H34O3. The van der Waals surface area contributed by atoms with Gasteiger partial charge in [0.25, 0.3) is 0 Å². The number of phenolic OH excluding ortho intramolecular Hbond substituents is 1. The highest BCUT2D eigenvalue weighted by Gasteiger charge is 2.31. The van der Waals surface area contributed by atoms with Crippen molar-refractivity contribution < 1.29 is 14.6 Å². The molecule has 1 N–H and O–H groups in total. The number of aryl methyl sites for hydroxylation is 1. The predicted octanol–water partition coefficient (Wildman–Crippen LogP) is 6.76. The second-order valence-electron chi connectivity index (χ2n) is 8.20. The number of benzene rings is 3. The van der Waals surface area contributed by atoms with E-state index in [9.17, 15) is 5.11 Å². The van der Waals surface area contributed by atoms with E-state index in [1.807, 2.05) is 24.3 Å². The Labute approximate surface area is 186 Å². The third-order valence-corrected chi connectivity index (χ3v) is 5.81. The number of hydrogen-bond acceptors (Lipinski definition) is 3. The van der Waals surface area contributed by atoms with Crippen LogP contribution < -0.4 is 9.47 Å². The topological polar surface area (TPSA) is 38.7 Å².